The van der Waals surface area contributed by atoms with E-state index in [2.05, 4.69) is 16.3 Å². The van der Waals surface area contributed by atoms with E-state index in [9.17, 15) is 24.8 Å². The molecule has 1 aliphatic heterocycles. The van der Waals surface area contributed by atoms with Crippen molar-refractivity contribution in [2.75, 3.05) is 18.0 Å². The van der Waals surface area contributed by atoms with Gasteiger partial charge in [-0.25, -0.2) is 14.9 Å². The monoisotopic (exact) mass is 602 g/mol. The minimum Gasteiger partial charge on any atom is -0.508 e. The fraction of sp³-hybridized carbons (Fsp3) is 0.200. The second-order valence-corrected chi connectivity index (χ2v) is 10.9. The van der Waals surface area contributed by atoms with Gasteiger partial charge in [0.15, 0.2) is 0 Å². The van der Waals surface area contributed by atoms with Gasteiger partial charge in [0.05, 0.1) is 5.56 Å². The number of benzene rings is 3. The largest absolute Gasteiger partial charge is 0.508 e. The first-order valence-corrected chi connectivity index (χ1v) is 14.4. The van der Waals surface area contributed by atoms with Crippen molar-refractivity contribution in [1.29, 1.82) is 10.5 Å². The molecule has 45 heavy (non-hydrogen) atoms. The van der Waals surface area contributed by atoms with Crippen LogP contribution in [0, 0.1) is 35.4 Å². The van der Waals surface area contributed by atoms with Gasteiger partial charge in [0.1, 0.15) is 35.1 Å². The maximum Gasteiger partial charge on any atom is 0.267 e. The Bertz CT molecular complexity index is 1830. The molecule has 0 bridgehead atoms. The smallest absolute Gasteiger partial charge is 0.267 e. The van der Waals surface area contributed by atoms with Gasteiger partial charge in [-0.15, -0.1) is 0 Å². The Morgan fingerprint density at radius 3 is 2.44 bits per heavy atom. The molecule has 1 aromatic heterocycles. The van der Waals surface area contributed by atoms with E-state index in [0.717, 1.165) is 24.0 Å². The maximum atomic E-state index is 14.8. The first-order chi connectivity index (χ1) is 21.8. The van der Waals surface area contributed by atoms with Crippen molar-refractivity contribution in [3.63, 3.8) is 0 Å². The van der Waals surface area contributed by atoms with E-state index in [1.54, 1.807) is 42.9 Å². The van der Waals surface area contributed by atoms with Gasteiger partial charge >= 0.3 is 0 Å². The van der Waals surface area contributed by atoms with Crippen LogP contribution in [0.2, 0.25) is 0 Å². The molecule has 4 aromatic rings. The summed E-state index contributed by atoms with van der Waals surface area (Å²) in [6.45, 7) is 3.76. The van der Waals surface area contributed by atoms with Gasteiger partial charge in [0, 0.05) is 49.1 Å². The molecule has 226 valence electrons. The summed E-state index contributed by atoms with van der Waals surface area (Å²) in [5.41, 5.74) is 6.54. The average molecular weight is 603 g/mol. The predicted octanol–water partition coefficient (Wildman–Crippen LogP) is 5.59. The van der Waals surface area contributed by atoms with Crippen molar-refractivity contribution in [2.24, 2.45) is 0 Å². The SMILES string of the molecule is Cc1ccc(-c2cnc(N3CCC(NCc4ccc(/C=C/C(=O)NO)cc4)CC3)c(C#N)c2-c2ccc(C#N)c(F)c2)cc1O. The predicted molar refractivity (Wildman–Crippen MR) is 168 cm³/mol. The number of nitrogens with one attached hydrogen (secondary N) is 2. The molecule has 0 aliphatic carbocycles. The second-order valence-electron chi connectivity index (χ2n) is 10.9. The molecule has 1 fully saturated rings. The van der Waals surface area contributed by atoms with Crippen LogP contribution in [-0.4, -0.2) is 40.3 Å². The molecule has 0 spiro atoms. The van der Waals surface area contributed by atoms with Crippen LogP contribution in [0.4, 0.5) is 10.2 Å². The number of piperidine rings is 1. The number of nitriles is 2. The van der Waals surface area contributed by atoms with Gasteiger partial charge in [0.25, 0.3) is 5.91 Å². The van der Waals surface area contributed by atoms with Crippen molar-refractivity contribution in [2.45, 2.75) is 32.4 Å². The molecule has 0 unspecified atom stereocenters. The zero-order valence-electron chi connectivity index (χ0n) is 24.6. The molecule has 9 nitrogen and oxygen atoms in total. The highest BCUT2D eigenvalue weighted by molar-refractivity contribution is 5.91. The lowest BCUT2D eigenvalue weighted by atomic mass is 9.91. The lowest BCUT2D eigenvalue weighted by molar-refractivity contribution is -0.124. The number of phenols is 1. The van der Waals surface area contributed by atoms with Crippen molar-refractivity contribution < 1.29 is 19.5 Å². The van der Waals surface area contributed by atoms with E-state index in [0.29, 0.717) is 58.8 Å². The topological polar surface area (TPSA) is 145 Å². The number of pyridine rings is 1. The van der Waals surface area contributed by atoms with Gasteiger partial charge in [-0.3, -0.25) is 10.0 Å². The van der Waals surface area contributed by atoms with Crippen LogP contribution in [0.25, 0.3) is 28.3 Å². The summed E-state index contributed by atoms with van der Waals surface area (Å²) >= 11 is 0. The van der Waals surface area contributed by atoms with Gasteiger partial charge in [-0.2, -0.15) is 10.5 Å². The molecule has 0 radical (unpaired) electrons. The Morgan fingerprint density at radius 1 is 1.07 bits per heavy atom. The van der Waals surface area contributed by atoms with Crippen LogP contribution >= 0.6 is 0 Å². The van der Waals surface area contributed by atoms with Crippen LogP contribution in [0.3, 0.4) is 0 Å². The van der Waals surface area contributed by atoms with Gasteiger partial charge in [-0.05, 0) is 71.9 Å². The Kier molecular flexibility index (Phi) is 9.49. The molecule has 4 N–H and O–H groups in total. The van der Waals surface area contributed by atoms with Crippen LogP contribution in [0.5, 0.6) is 5.75 Å². The highest BCUT2D eigenvalue weighted by atomic mass is 19.1. The zero-order chi connectivity index (χ0) is 31.9. The molecule has 0 atom stereocenters. The van der Waals surface area contributed by atoms with E-state index in [1.807, 2.05) is 36.4 Å². The number of carbonyl (C=O) groups excluding carboxylic acids is 1. The van der Waals surface area contributed by atoms with Crippen LogP contribution in [-0.2, 0) is 11.3 Å². The van der Waals surface area contributed by atoms with Crippen molar-refractivity contribution in [3.05, 3.63) is 107 Å². The number of phenolic OH excluding ortho intramolecular Hbond substituents is 1. The maximum absolute atomic E-state index is 14.8. The quantitative estimate of drug-likeness (QED) is 0.116. The van der Waals surface area contributed by atoms with Crippen LogP contribution in [0.1, 0.15) is 40.7 Å². The Labute approximate surface area is 260 Å². The van der Waals surface area contributed by atoms with Crippen LogP contribution < -0.4 is 15.7 Å². The molecule has 1 saturated heterocycles. The molecular formula is C35H31FN6O3. The minimum absolute atomic E-state index is 0.0875. The van der Waals surface area contributed by atoms with Crippen molar-refractivity contribution >= 4 is 17.8 Å². The normalized spacial score (nSPS) is 13.4. The van der Waals surface area contributed by atoms with Gasteiger partial charge in [-0.1, -0.05) is 42.5 Å². The zero-order valence-corrected chi connectivity index (χ0v) is 24.6. The number of rotatable bonds is 8. The van der Waals surface area contributed by atoms with Crippen molar-refractivity contribution in [3.8, 4) is 40.1 Å². The lowest BCUT2D eigenvalue weighted by Crippen LogP contribution is -2.42. The number of halogens is 1. The lowest BCUT2D eigenvalue weighted by Gasteiger charge is -2.34. The van der Waals surface area contributed by atoms with Gasteiger partial charge < -0.3 is 15.3 Å². The summed E-state index contributed by atoms with van der Waals surface area (Å²) in [4.78, 5) is 18.0. The molecular weight excluding hydrogens is 571 g/mol. The molecule has 1 aliphatic rings. The number of aryl methyl sites for hydroxylation is 1. The summed E-state index contributed by atoms with van der Waals surface area (Å²) in [6, 6.07) is 21.7. The van der Waals surface area contributed by atoms with E-state index >= 15 is 0 Å². The minimum atomic E-state index is -0.679. The molecule has 0 saturated carbocycles. The Morgan fingerprint density at radius 2 is 1.80 bits per heavy atom. The summed E-state index contributed by atoms with van der Waals surface area (Å²) in [7, 11) is 0. The summed E-state index contributed by atoms with van der Waals surface area (Å²) in [6.07, 6.45) is 6.16. The number of hydroxylamine groups is 1. The summed E-state index contributed by atoms with van der Waals surface area (Å²) < 4.78 is 14.8. The number of amides is 1. The third kappa shape index (κ3) is 7.00. The van der Waals surface area contributed by atoms with Crippen LogP contribution in [0.15, 0.2) is 72.9 Å². The second kappa shape index (κ2) is 13.8. The number of aromatic nitrogens is 1. The van der Waals surface area contributed by atoms with E-state index in [1.165, 1.54) is 18.2 Å². The molecule has 3 aromatic carbocycles. The Balaban J connectivity index is 1.36. The number of nitrogens with zero attached hydrogens (tertiary/aromatic N) is 4. The number of anilines is 1. The van der Waals surface area contributed by atoms with E-state index in [-0.39, 0.29) is 17.4 Å². The third-order valence-electron chi connectivity index (χ3n) is 7.98. The highest BCUT2D eigenvalue weighted by Gasteiger charge is 2.26. The highest BCUT2D eigenvalue weighted by Crippen LogP contribution is 2.40. The molecule has 1 amide bonds. The summed E-state index contributed by atoms with van der Waals surface area (Å²) in [5.74, 6) is -0.663. The van der Waals surface area contributed by atoms with Gasteiger partial charge in [0.2, 0.25) is 0 Å². The first kappa shape index (κ1) is 30.9. The Hall–Kier alpha value is -5.55. The fourth-order valence-corrected chi connectivity index (χ4v) is 5.42. The molecule has 2 heterocycles. The fourth-order valence-electron chi connectivity index (χ4n) is 5.42. The number of hydrogen-bond donors (Lipinski definition) is 4. The van der Waals surface area contributed by atoms with E-state index in [4.69, 9.17) is 10.2 Å². The van der Waals surface area contributed by atoms with E-state index < -0.39 is 11.7 Å². The number of aromatic hydroxyl groups is 1. The molecule has 5 rings (SSSR count). The molecule has 10 heteroatoms. The van der Waals surface area contributed by atoms with Crippen molar-refractivity contribution in [1.82, 2.24) is 15.8 Å². The average Bonchev–Trinajstić information content (AvgIpc) is 3.07. The third-order valence-corrected chi connectivity index (χ3v) is 7.98. The number of carbonyl (C=O) groups is 1. The standard InChI is InChI=1S/C35H31FN6O3/c1-22-2-8-25(17-32(22)43)30-21-40-35(29(19-38)34(30)26-9-10-27(18-37)31(36)16-26)42-14-12-28(13-15-42)39-20-24-5-3-23(4-6-24)7-11-33(44)41-45/h2-11,16-17,21,28,39,43,45H,12-15,20H2,1H3,(H,41,44)/b11-7+. The number of hydrogen-bond acceptors (Lipinski definition) is 8. The first-order valence-electron chi connectivity index (χ1n) is 14.4. The summed E-state index contributed by atoms with van der Waals surface area (Å²) in [5, 5.41) is 42.3.